The Morgan fingerprint density at radius 1 is 0.116 bits per heavy atom. The van der Waals surface area contributed by atoms with Crippen molar-refractivity contribution in [2.24, 2.45) is 0 Å². The second-order valence-corrected chi connectivity index (χ2v) is 33.5. The average Bonchev–Trinajstić information content (AvgIpc) is 0.786. The highest BCUT2D eigenvalue weighted by atomic mass is 14.9. The van der Waals surface area contributed by atoms with Gasteiger partial charge >= 0.3 is 0 Å². The van der Waals surface area contributed by atoms with Gasteiger partial charge in [-0.1, -0.05) is 346 Å². The van der Waals surface area contributed by atoms with Gasteiger partial charge in [-0.2, -0.15) is 0 Å². The average molecular weight is 1770 g/mol. The first kappa shape index (κ1) is 84.7. The van der Waals surface area contributed by atoms with Crippen LogP contribution in [0.4, 0.5) is 0 Å². The first-order valence-electron chi connectivity index (χ1n) is 45.7. The van der Waals surface area contributed by atoms with Gasteiger partial charge in [0.05, 0.1) is 68.0 Å². The Balaban J connectivity index is 0.000000119. The molecule has 13 nitrogen and oxygen atoms in total. The van der Waals surface area contributed by atoms with Crippen LogP contribution in [0.2, 0.25) is 0 Å². The summed E-state index contributed by atoms with van der Waals surface area (Å²) in [5, 5.41) is 4.55. The minimum atomic E-state index is 0.659. The highest BCUT2D eigenvalue weighted by Gasteiger charge is 2.19. The van der Waals surface area contributed by atoms with Crippen LogP contribution in [-0.4, -0.2) is 64.8 Å². The number of hydrogen-bond acceptors (Lipinski definition) is 13. The minimum absolute atomic E-state index is 0.659. The van der Waals surface area contributed by atoms with Gasteiger partial charge in [-0.05, 0) is 159 Å². The summed E-state index contributed by atoms with van der Waals surface area (Å²) in [5.74, 6) is 2.02. The van der Waals surface area contributed by atoms with Gasteiger partial charge in [-0.25, -0.2) is 29.9 Å². The van der Waals surface area contributed by atoms with Crippen molar-refractivity contribution < 1.29 is 0 Å². The highest BCUT2D eigenvalue weighted by Crippen LogP contribution is 2.39. The van der Waals surface area contributed by atoms with Crippen molar-refractivity contribution in [2.75, 3.05) is 0 Å². The van der Waals surface area contributed by atoms with Crippen molar-refractivity contribution in [2.45, 2.75) is 0 Å². The van der Waals surface area contributed by atoms with E-state index in [9.17, 15) is 0 Å². The number of para-hydroxylation sites is 2. The van der Waals surface area contributed by atoms with Gasteiger partial charge < -0.3 is 0 Å². The number of fused-ring (bicyclic) bond motifs is 3. The molecule has 0 aliphatic rings. The van der Waals surface area contributed by atoms with Crippen LogP contribution in [0.1, 0.15) is 0 Å². The van der Waals surface area contributed by atoms with Crippen LogP contribution in [0.25, 0.3) is 235 Å². The number of aromatic nitrogens is 13. The van der Waals surface area contributed by atoms with E-state index in [1.165, 1.54) is 22.1 Å². The minimum Gasteiger partial charge on any atom is -0.265 e. The zero-order valence-electron chi connectivity index (χ0n) is 74.7. The molecule has 0 radical (unpaired) electrons. The van der Waals surface area contributed by atoms with E-state index in [0.29, 0.717) is 17.5 Å². The third-order valence-electron chi connectivity index (χ3n) is 24.5. The molecule has 0 bridgehead atoms. The first-order chi connectivity index (χ1) is 68.3. The summed E-state index contributed by atoms with van der Waals surface area (Å²) in [7, 11) is 0. The fourth-order valence-corrected chi connectivity index (χ4v) is 17.1. The van der Waals surface area contributed by atoms with Gasteiger partial charge in [0.25, 0.3) is 0 Å². The molecular formula is C125H83N13. The highest BCUT2D eigenvalue weighted by molar-refractivity contribution is 5.89. The topological polar surface area (TPSA) is 168 Å². The van der Waals surface area contributed by atoms with E-state index in [2.05, 4.69) is 357 Å². The second-order valence-electron chi connectivity index (χ2n) is 33.5. The fraction of sp³-hybridized carbons (Fsp3) is 0. The summed E-state index contributed by atoms with van der Waals surface area (Å²) in [5.41, 5.74) is 35.3. The number of benzene rings is 14. The molecule has 138 heavy (non-hydrogen) atoms. The molecule has 0 N–H and O–H groups in total. The van der Waals surface area contributed by atoms with E-state index in [4.69, 9.17) is 34.9 Å². The molecule has 10 heterocycles. The molecule has 0 atom stereocenters. The Morgan fingerprint density at radius 2 is 0.391 bits per heavy atom. The predicted molar refractivity (Wildman–Crippen MR) is 561 cm³/mol. The van der Waals surface area contributed by atoms with Gasteiger partial charge in [0.1, 0.15) is 0 Å². The summed E-state index contributed by atoms with van der Waals surface area (Å²) in [4.78, 5) is 62.2. The molecule has 0 spiro atoms. The maximum Gasteiger partial charge on any atom is 0.160 e. The Kier molecular flexibility index (Phi) is 24.1. The molecule has 13 heteroatoms. The van der Waals surface area contributed by atoms with Crippen molar-refractivity contribution in [1.29, 1.82) is 0 Å². The van der Waals surface area contributed by atoms with Crippen molar-refractivity contribution in [3.05, 3.63) is 505 Å². The van der Waals surface area contributed by atoms with Crippen LogP contribution < -0.4 is 0 Å². The normalized spacial score (nSPS) is 11.0. The summed E-state index contributed by atoms with van der Waals surface area (Å²) >= 11 is 0. The van der Waals surface area contributed by atoms with E-state index in [-0.39, 0.29) is 0 Å². The zero-order valence-corrected chi connectivity index (χ0v) is 74.7. The first-order valence-corrected chi connectivity index (χ1v) is 45.7. The molecule has 14 aromatic carbocycles. The monoisotopic (exact) mass is 1770 g/mol. The third-order valence-corrected chi connectivity index (χ3v) is 24.5. The Labute approximate surface area is 798 Å². The largest absolute Gasteiger partial charge is 0.265 e. The maximum absolute atomic E-state index is 5.11. The number of pyridine rings is 7. The van der Waals surface area contributed by atoms with Crippen LogP contribution in [0, 0.1) is 0 Å². The van der Waals surface area contributed by atoms with Gasteiger partial charge in [-0.15, -0.1) is 0 Å². The Bertz CT molecular complexity index is 7770. The van der Waals surface area contributed by atoms with Gasteiger partial charge in [-0.3, -0.25) is 34.9 Å². The Morgan fingerprint density at radius 3 is 0.797 bits per heavy atom. The molecule has 0 saturated carbocycles. The molecule has 0 aliphatic carbocycles. The lowest BCUT2D eigenvalue weighted by Crippen LogP contribution is -1.96. The van der Waals surface area contributed by atoms with Crippen LogP contribution in [0.5, 0.6) is 0 Å². The number of hydrogen-bond donors (Lipinski definition) is 0. The van der Waals surface area contributed by atoms with E-state index in [1.807, 2.05) is 177 Å². The third kappa shape index (κ3) is 19.2. The van der Waals surface area contributed by atoms with Crippen molar-refractivity contribution in [1.82, 2.24) is 64.8 Å². The van der Waals surface area contributed by atoms with Crippen molar-refractivity contribution in [3.8, 4) is 202 Å². The SMILES string of the molecule is c1ccc(-c2ccc(-c3cc(-c4ccc(-c5cnc6ccccc6c5)cc4)nc(-c4ccc(-c5ccccc5)cc4)n3)cc2)cc1.c1ccc(-c2ccc(-c3cc(-c4ccc(-c5cnc6ccccc6c5)cc4)nc(-c4ccc(-c5ccccn5)cc4)n3)cc2)nc1.c1ccc(-c2cccc(-c3cc(-c4ccc(-c5cc6ccccc6cn5)cc4)nc(-c4cccc(-c5ccncc5)c4)n3)c2)nc1. The lowest BCUT2D eigenvalue weighted by atomic mass is 10.00. The number of nitrogens with zero attached hydrogens (tertiary/aromatic N) is 13. The molecule has 0 saturated heterocycles. The van der Waals surface area contributed by atoms with E-state index < -0.39 is 0 Å². The molecular weight excluding hydrogens is 1680 g/mol. The second kappa shape index (κ2) is 39.3. The zero-order chi connectivity index (χ0) is 92.1. The van der Waals surface area contributed by atoms with Crippen LogP contribution in [0.3, 0.4) is 0 Å². The van der Waals surface area contributed by atoms with Crippen molar-refractivity contribution in [3.63, 3.8) is 0 Å². The summed E-state index contributed by atoms with van der Waals surface area (Å²) < 4.78 is 0. The van der Waals surface area contributed by atoms with Crippen LogP contribution >= 0.6 is 0 Å². The summed E-state index contributed by atoms with van der Waals surface area (Å²) in [6.07, 6.45) is 14.9. The number of rotatable bonds is 18. The molecule has 24 rings (SSSR count). The fourth-order valence-electron chi connectivity index (χ4n) is 17.1. The molecule has 0 fully saturated rings. The molecule has 24 aromatic rings. The predicted octanol–water partition coefficient (Wildman–Crippen LogP) is 30.7. The summed E-state index contributed by atoms with van der Waals surface area (Å²) in [6, 6.07) is 156. The quantitative estimate of drug-likeness (QED) is 0.0797. The van der Waals surface area contributed by atoms with Crippen molar-refractivity contribution >= 4 is 32.6 Å². The lowest BCUT2D eigenvalue weighted by molar-refractivity contribution is 1.18. The maximum atomic E-state index is 5.11. The summed E-state index contributed by atoms with van der Waals surface area (Å²) in [6.45, 7) is 0. The van der Waals surface area contributed by atoms with Crippen LogP contribution in [0.15, 0.2) is 505 Å². The van der Waals surface area contributed by atoms with E-state index in [0.717, 1.165) is 195 Å². The molecule has 0 aliphatic heterocycles. The van der Waals surface area contributed by atoms with E-state index >= 15 is 0 Å². The smallest absolute Gasteiger partial charge is 0.160 e. The van der Waals surface area contributed by atoms with Gasteiger partial charge in [0, 0.05) is 149 Å². The molecule has 0 amide bonds. The molecule has 648 valence electrons. The Hall–Kier alpha value is -18.9. The molecule has 10 aromatic heterocycles. The standard InChI is InChI=1S/C43H29N3.2C41H27N5/c1-3-9-30(10-4-1)32-15-21-35(22-16-32)41-28-42(46-43(45-41)37-25-19-33(20-26-37)31-11-5-2-6-12-31)36-23-17-34(18-24-36)39-27-38-13-7-8-14-40(38)44-29-39;1-2-8-38-34(7-1)25-35(27-44-38)28-11-13-31(14-12-28)39-26-40(32-17-15-29(16-18-32)36-9-3-5-23-42-36)46-41(45-39)33-21-19-30(20-22-33)37-10-4-6-24-43-37;1-2-8-36-27-44-38(25-32(36)7-1)29-14-16-30(17-15-29)39-26-40(34-11-6-10-33(24-34)37-13-3-4-20-43-37)46-41(45-39)35-12-5-9-31(23-35)28-18-21-42-22-19-28/h1-29H;2*1-27H. The van der Waals surface area contributed by atoms with Gasteiger partial charge in [0.2, 0.25) is 0 Å². The van der Waals surface area contributed by atoms with Crippen LogP contribution in [-0.2, 0) is 0 Å². The van der Waals surface area contributed by atoms with E-state index in [1.54, 1.807) is 0 Å². The molecule has 0 unspecified atom stereocenters. The van der Waals surface area contributed by atoms with Gasteiger partial charge in [0.15, 0.2) is 17.5 Å². The lowest BCUT2D eigenvalue weighted by Gasteiger charge is -2.12.